The van der Waals surface area contributed by atoms with Crippen molar-refractivity contribution in [2.45, 2.75) is 18.1 Å². The number of likely N-dealkylation sites (tertiary alicyclic amines) is 1. The molecule has 1 N–H and O–H groups in total. The van der Waals surface area contributed by atoms with Gasteiger partial charge in [0.15, 0.2) is 0 Å². The fourth-order valence-electron chi connectivity index (χ4n) is 4.67. The summed E-state index contributed by atoms with van der Waals surface area (Å²) in [6.07, 6.45) is 1.55. The number of amides is 1. The lowest BCUT2D eigenvalue weighted by Gasteiger charge is -2.48. The van der Waals surface area contributed by atoms with Crippen molar-refractivity contribution in [3.63, 3.8) is 0 Å². The normalized spacial score (nSPS) is 18.5. The van der Waals surface area contributed by atoms with Gasteiger partial charge in [-0.1, -0.05) is 91.0 Å². The maximum Gasteiger partial charge on any atom is 0.246 e. The van der Waals surface area contributed by atoms with Gasteiger partial charge in [-0.2, -0.15) is 0 Å². The van der Waals surface area contributed by atoms with Crippen molar-refractivity contribution in [1.29, 1.82) is 0 Å². The van der Waals surface area contributed by atoms with Crippen molar-refractivity contribution in [2.75, 3.05) is 27.2 Å². The van der Waals surface area contributed by atoms with Crippen LogP contribution in [0.15, 0.2) is 103 Å². The third kappa shape index (κ3) is 4.12. The molecule has 4 nitrogen and oxygen atoms in total. The first-order chi connectivity index (χ1) is 15.5. The molecule has 1 amide bonds. The molecule has 1 saturated heterocycles. The summed E-state index contributed by atoms with van der Waals surface area (Å²) in [5.74, 6) is -0.106. The first-order valence-corrected chi connectivity index (χ1v) is 11.0. The minimum absolute atomic E-state index is 0.106. The summed E-state index contributed by atoms with van der Waals surface area (Å²) >= 11 is 0. The van der Waals surface area contributed by atoms with Crippen molar-refractivity contribution in [1.82, 2.24) is 9.80 Å². The van der Waals surface area contributed by atoms with E-state index in [1.165, 1.54) is 4.90 Å². The molecule has 1 heterocycles. The largest absolute Gasteiger partial charge is 0.389 e. The summed E-state index contributed by atoms with van der Waals surface area (Å²) in [5.41, 5.74) is 3.68. The molecule has 0 aromatic heterocycles. The van der Waals surface area contributed by atoms with Crippen molar-refractivity contribution in [3.8, 4) is 0 Å². The predicted molar refractivity (Wildman–Crippen MR) is 128 cm³/mol. The van der Waals surface area contributed by atoms with Gasteiger partial charge in [0.2, 0.25) is 5.91 Å². The van der Waals surface area contributed by atoms with Crippen molar-refractivity contribution in [3.05, 3.63) is 119 Å². The van der Waals surface area contributed by atoms with E-state index in [0.717, 1.165) is 22.3 Å². The van der Waals surface area contributed by atoms with Gasteiger partial charge < -0.3 is 10.0 Å². The van der Waals surface area contributed by atoms with Crippen molar-refractivity contribution in [2.24, 2.45) is 0 Å². The summed E-state index contributed by atoms with van der Waals surface area (Å²) < 4.78 is 0. The Bertz CT molecular complexity index is 966. The Balaban J connectivity index is 1.93. The molecular weight excluding hydrogens is 396 g/mol. The highest BCUT2D eigenvalue weighted by Gasteiger charge is 2.44. The molecule has 1 unspecified atom stereocenters. The van der Waals surface area contributed by atoms with E-state index in [0.29, 0.717) is 19.5 Å². The lowest BCUT2D eigenvalue weighted by atomic mass is 9.74. The van der Waals surface area contributed by atoms with Gasteiger partial charge in [-0.05, 0) is 28.7 Å². The summed E-state index contributed by atoms with van der Waals surface area (Å²) in [4.78, 5) is 16.4. The van der Waals surface area contributed by atoms with E-state index in [9.17, 15) is 9.90 Å². The molecule has 1 fully saturated rings. The minimum atomic E-state index is -0.616. The van der Waals surface area contributed by atoms with Gasteiger partial charge in [0.05, 0.1) is 11.6 Å². The summed E-state index contributed by atoms with van der Waals surface area (Å²) in [7, 11) is 3.46. The highest BCUT2D eigenvalue weighted by atomic mass is 16.3. The van der Waals surface area contributed by atoms with Crippen LogP contribution in [-0.4, -0.2) is 54.1 Å². The van der Waals surface area contributed by atoms with Crippen LogP contribution in [-0.2, 0) is 10.3 Å². The highest BCUT2D eigenvalue weighted by molar-refractivity contribution is 5.88. The molecule has 1 atom stereocenters. The van der Waals surface area contributed by atoms with Gasteiger partial charge in [0.1, 0.15) is 0 Å². The molecule has 1 aliphatic heterocycles. The molecule has 0 spiro atoms. The number of carbonyl (C=O) groups is 1. The number of nitrogens with zero attached hydrogens (tertiary/aromatic N) is 2. The Morgan fingerprint density at radius 1 is 0.875 bits per heavy atom. The number of hydrogen-bond donors (Lipinski definition) is 1. The van der Waals surface area contributed by atoms with Crippen molar-refractivity contribution < 1.29 is 9.90 Å². The fourth-order valence-corrected chi connectivity index (χ4v) is 4.67. The average molecular weight is 427 g/mol. The van der Waals surface area contributed by atoms with E-state index in [1.54, 1.807) is 20.2 Å². The number of piperidine rings is 1. The first-order valence-electron chi connectivity index (χ1n) is 11.0. The maximum absolute atomic E-state index is 12.4. The molecule has 1 aliphatic rings. The molecule has 0 aliphatic carbocycles. The van der Waals surface area contributed by atoms with E-state index in [4.69, 9.17) is 0 Å². The molecule has 0 bridgehead atoms. The lowest BCUT2D eigenvalue weighted by molar-refractivity contribution is -0.123. The van der Waals surface area contributed by atoms with E-state index in [2.05, 4.69) is 77.7 Å². The Kier molecular flexibility index (Phi) is 6.54. The Hall–Kier alpha value is -3.21. The average Bonchev–Trinajstić information content (AvgIpc) is 2.83. The zero-order valence-corrected chi connectivity index (χ0v) is 18.7. The van der Waals surface area contributed by atoms with Gasteiger partial charge in [0, 0.05) is 33.3 Å². The number of hydrogen-bond acceptors (Lipinski definition) is 3. The lowest BCUT2D eigenvalue weighted by Crippen LogP contribution is -2.53. The third-order valence-corrected chi connectivity index (χ3v) is 6.27. The van der Waals surface area contributed by atoms with Gasteiger partial charge in [-0.15, -0.1) is 0 Å². The zero-order chi connectivity index (χ0) is 22.6. The van der Waals surface area contributed by atoms with Crippen LogP contribution in [0.3, 0.4) is 0 Å². The van der Waals surface area contributed by atoms with Crippen LogP contribution < -0.4 is 0 Å². The number of aliphatic hydroxyl groups excluding tert-OH is 1. The second-order valence-corrected chi connectivity index (χ2v) is 8.49. The number of aliphatic hydroxyl groups is 1. The Labute approximate surface area is 190 Å². The predicted octanol–water partition coefficient (Wildman–Crippen LogP) is 4.06. The van der Waals surface area contributed by atoms with Crippen LogP contribution in [0.25, 0.3) is 0 Å². The van der Waals surface area contributed by atoms with Crippen LogP contribution in [0.5, 0.6) is 0 Å². The topological polar surface area (TPSA) is 43.8 Å². The van der Waals surface area contributed by atoms with Crippen LogP contribution in [0.2, 0.25) is 0 Å². The zero-order valence-electron chi connectivity index (χ0n) is 18.7. The van der Waals surface area contributed by atoms with Gasteiger partial charge >= 0.3 is 0 Å². The quantitative estimate of drug-likeness (QED) is 0.494. The smallest absolute Gasteiger partial charge is 0.246 e. The van der Waals surface area contributed by atoms with Gasteiger partial charge in [0.25, 0.3) is 0 Å². The van der Waals surface area contributed by atoms with E-state index in [1.807, 2.05) is 18.2 Å². The minimum Gasteiger partial charge on any atom is -0.389 e. The second kappa shape index (κ2) is 9.51. The molecule has 32 heavy (non-hydrogen) atoms. The van der Waals surface area contributed by atoms with Crippen molar-refractivity contribution >= 4 is 5.91 Å². The van der Waals surface area contributed by atoms with E-state index >= 15 is 0 Å². The fraction of sp³-hybridized carbons (Fsp3) is 0.250. The monoisotopic (exact) mass is 426 g/mol. The molecule has 3 aromatic carbocycles. The standard InChI is InChI=1S/C28H30N2O2/c1-29(2)27(32)20-22-21-30(19-18-26(22)31)28(23-12-6-3-7-13-23,24-14-8-4-9-15-24)25-16-10-5-11-17-25/h3-17,20,26,31H,18-19,21H2,1-2H3. The molecule has 0 saturated carbocycles. The maximum atomic E-state index is 12.4. The third-order valence-electron chi connectivity index (χ3n) is 6.27. The first kappa shape index (κ1) is 22.0. The Morgan fingerprint density at radius 3 is 1.72 bits per heavy atom. The number of likely N-dealkylation sites (N-methyl/N-ethyl adjacent to an activating group) is 1. The number of benzene rings is 3. The number of carbonyl (C=O) groups excluding carboxylic acids is 1. The summed E-state index contributed by atoms with van der Waals surface area (Å²) in [6, 6.07) is 31.5. The van der Waals surface area contributed by atoms with Gasteiger partial charge in [-0.25, -0.2) is 0 Å². The highest BCUT2D eigenvalue weighted by Crippen LogP contribution is 2.44. The Morgan fingerprint density at radius 2 is 1.31 bits per heavy atom. The summed E-state index contributed by atoms with van der Waals surface area (Å²) in [5, 5.41) is 10.7. The second-order valence-electron chi connectivity index (χ2n) is 8.49. The molecule has 4 rings (SSSR count). The SMILES string of the molecule is CN(C)C(=O)C=C1CN(C(c2ccccc2)(c2ccccc2)c2ccccc2)CCC1O. The summed E-state index contributed by atoms with van der Waals surface area (Å²) in [6.45, 7) is 1.20. The van der Waals surface area contributed by atoms with Gasteiger partial charge in [-0.3, -0.25) is 9.69 Å². The molecular formula is C28H30N2O2. The number of rotatable bonds is 5. The van der Waals surface area contributed by atoms with E-state index in [-0.39, 0.29) is 5.91 Å². The van der Waals surface area contributed by atoms with Crippen LogP contribution in [0.1, 0.15) is 23.1 Å². The van der Waals surface area contributed by atoms with Crippen LogP contribution in [0.4, 0.5) is 0 Å². The molecule has 4 heteroatoms. The molecule has 164 valence electrons. The molecule has 3 aromatic rings. The van der Waals surface area contributed by atoms with Crippen LogP contribution >= 0.6 is 0 Å². The van der Waals surface area contributed by atoms with E-state index < -0.39 is 11.6 Å². The van der Waals surface area contributed by atoms with Crippen LogP contribution in [0, 0.1) is 0 Å². The molecule has 0 radical (unpaired) electrons.